The monoisotopic (exact) mass is 466 g/mol. The van der Waals surface area contributed by atoms with Crippen molar-refractivity contribution in [3.05, 3.63) is 77.3 Å². The molecule has 2 amide bonds. The first-order valence-corrected chi connectivity index (χ1v) is 10.9. The highest BCUT2D eigenvalue weighted by Gasteiger charge is 2.17. The van der Waals surface area contributed by atoms with Gasteiger partial charge in [0.2, 0.25) is 5.91 Å². The molecular weight excluding hydrogens is 444 g/mol. The first-order valence-electron chi connectivity index (χ1n) is 10.5. The highest BCUT2D eigenvalue weighted by atomic mass is 35.5. The van der Waals surface area contributed by atoms with Crippen LogP contribution in [0.1, 0.15) is 12.0 Å². The number of fused-ring (bicyclic) bond motifs is 1. The van der Waals surface area contributed by atoms with Crippen molar-refractivity contribution >= 4 is 34.8 Å². The zero-order valence-corrected chi connectivity index (χ0v) is 18.6. The second-order valence-corrected chi connectivity index (χ2v) is 7.82. The molecule has 2 N–H and O–H groups in total. The predicted octanol–water partition coefficient (Wildman–Crippen LogP) is 4.70. The Kier molecular flexibility index (Phi) is 7.32. The van der Waals surface area contributed by atoms with Crippen molar-refractivity contribution in [3.8, 4) is 17.2 Å². The van der Waals surface area contributed by atoms with Crippen molar-refractivity contribution in [2.75, 3.05) is 30.5 Å². The number of halogens is 1. The third-order valence-electron chi connectivity index (χ3n) is 4.77. The molecule has 3 aromatic carbocycles. The Morgan fingerprint density at radius 3 is 2.48 bits per heavy atom. The summed E-state index contributed by atoms with van der Waals surface area (Å²) in [6.45, 7) is 0.927. The number of benzene rings is 3. The average Bonchev–Trinajstić information content (AvgIpc) is 3.04. The molecule has 0 atom stereocenters. The third-order valence-corrected chi connectivity index (χ3v) is 5.05. The largest absolute Gasteiger partial charge is 0.489 e. The van der Waals surface area contributed by atoms with Crippen molar-refractivity contribution in [2.24, 2.45) is 0 Å². The predicted molar refractivity (Wildman–Crippen MR) is 126 cm³/mol. The lowest BCUT2D eigenvalue weighted by Crippen LogP contribution is -2.20. The lowest BCUT2D eigenvalue weighted by Gasteiger charge is -2.12. The van der Waals surface area contributed by atoms with E-state index in [0.29, 0.717) is 52.4 Å². The van der Waals surface area contributed by atoms with Crippen molar-refractivity contribution in [3.63, 3.8) is 0 Å². The van der Waals surface area contributed by atoms with Crippen LogP contribution in [0.25, 0.3) is 0 Å². The molecule has 0 spiro atoms. The summed E-state index contributed by atoms with van der Waals surface area (Å²) < 4.78 is 16.9. The Bertz CT molecular complexity index is 1140. The molecule has 0 fully saturated rings. The van der Waals surface area contributed by atoms with E-state index < -0.39 is 0 Å². The summed E-state index contributed by atoms with van der Waals surface area (Å²) in [5.74, 6) is 1.03. The highest BCUT2D eigenvalue weighted by molar-refractivity contribution is 6.32. The van der Waals surface area contributed by atoms with Gasteiger partial charge in [-0.1, -0.05) is 35.9 Å². The summed E-state index contributed by atoms with van der Waals surface area (Å²) in [6.07, 6.45) is 0.883. The summed E-state index contributed by atoms with van der Waals surface area (Å²) >= 11 is 6.31. The molecule has 0 radical (unpaired) electrons. The molecule has 0 unspecified atom stereocenters. The Hall–Kier alpha value is -3.71. The number of hydrogen-bond acceptors (Lipinski definition) is 5. The second kappa shape index (κ2) is 10.7. The molecular formula is C25H23ClN2O5. The van der Waals surface area contributed by atoms with Gasteiger partial charge in [0.05, 0.1) is 24.7 Å². The van der Waals surface area contributed by atoms with Gasteiger partial charge < -0.3 is 24.8 Å². The van der Waals surface area contributed by atoms with Gasteiger partial charge in [0, 0.05) is 23.9 Å². The van der Waals surface area contributed by atoms with Crippen LogP contribution in [0, 0.1) is 0 Å². The lowest BCUT2D eigenvalue weighted by atomic mass is 10.1. The van der Waals surface area contributed by atoms with Gasteiger partial charge in [0.1, 0.15) is 5.75 Å². The number of rotatable bonds is 7. The zero-order valence-electron chi connectivity index (χ0n) is 17.8. The quantitative estimate of drug-likeness (QED) is 0.527. The van der Waals surface area contributed by atoms with E-state index in [0.717, 1.165) is 6.42 Å². The maximum atomic E-state index is 12.6. The summed E-state index contributed by atoms with van der Waals surface area (Å²) in [4.78, 5) is 24.6. The Morgan fingerprint density at radius 1 is 0.879 bits per heavy atom. The summed E-state index contributed by atoms with van der Waals surface area (Å²) in [7, 11) is 0. The molecule has 0 bridgehead atoms. The van der Waals surface area contributed by atoms with Crippen LogP contribution in [0.4, 0.5) is 11.4 Å². The molecule has 7 nitrogen and oxygen atoms in total. The molecule has 1 aliphatic rings. The average molecular weight is 467 g/mol. The van der Waals surface area contributed by atoms with Crippen molar-refractivity contribution in [1.82, 2.24) is 0 Å². The van der Waals surface area contributed by atoms with Crippen LogP contribution in [0.15, 0.2) is 66.7 Å². The fourth-order valence-corrected chi connectivity index (χ4v) is 3.60. The van der Waals surface area contributed by atoms with Crippen LogP contribution in [0.2, 0.25) is 5.02 Å². The molecule has 0 aliphatic carbocycles. The zero-order chi connectivity index (χ0) is 23.0. The van der Waals surface area contributed by atoms with E-state index in [2.05, 4.69) is 10.6 Å². The van der Waals surface area contributed by atoms with Crippen molar-refractivity contribution in [1.29, 1.82) is 0 Å². The SMILES string of the molecule is O=C(COc1cccc(NC(=O)Cc2cc(Cl)c3c(c2)OCCCO3)c1)Nc1ccccc1. The third kappa shape index (κ3) is 6.40. The van der Waals surface area contributed by atoms with E-state index >= 15 is 0 Å². The maximum Gasteiger partial charge on any atom is 0.262 e. The molecule has 8 heteroatoms. The molecule has 1 aliphatic heterocycles. The maximum absolute atomic E-state index is 12.6. The topological polar surface area (TPSA) is 85.9 Å². The highest BCUT2D eigenvalue weighted by Crippen LogP contribution is 2.38. The second-order valence-electron chi connectivity index (χ2n) is 7.41. The normalized spacial score (nSPS) is 12.4. The van der Waals surface area contributed by atoms with Crippen LogP contribution in [0.3, 0.4) is 0 Å². The van der Waals surface area contributed by atoms with Crippen LogP contribution in [-0.2, 0) is 16.0 Å². The Morgan fingerprint density at radius 2 is 1.64 bits per heavy atom. The lowest BCUT2D eigenvalue weighted by molar-refractivity contribution is -0.118. The van der Waals surface area contributed by atoms with Gasteiger partial charge in [-0.05, 0) is 42.0 Å². The van der Waals surface area contributed by atoms with E-state index in [9.17, 15) is 9.59 Å². The number of ether oxygens (including phenoxy) is 3. The number of hydrogen-bond donors (Lipinski definition) is 2. The fourth-order valence-electron chi connectivity index (χ4n) is 3.31. The van der Waals surface area contributed by atoms with Crippen molar-refractivity contribution < 1.29 is 23.8 Å². The van der Waals surface area contributed by atoms with E-state index in [1.165, 1.54) is 0 Å². The molecule has 0 saturated carbocycles. The van der Waals surface area contributed by atoms with Crippen LogP contribution >= 0.6 is 11.6 Å². The van der Waals surface area contributed by atoms with E-state index in [4.69, 9.17) is 25.8 Å². The molecule has 33 heavy (non-hydrogen) atoms. The van der Waals surface area contributed by atoms with Gasteiger partial charge in [-0.15, -0.1) is 0 Å². The number of carbonyl (C=O) groups excluding carboxylic acids is 2. The van der Waals surface area contributed by atoms with Gasteiger partial charge in [0.15, 0.2) is 18.1 Å². The van der Waals surface area contributed by atoms with Gasteiger partial charge in [-0.3, -0.25) is 9.59 Å². The minimum atomic E-state index is -0.276. The molecule has 170 valence electrons. The van der Waals surface area contributed by atoms with E-state index in [1.54, 1.807) is 48.5 Å². The summed E-state index contributed by atoms with van der Waals surface area (Å²) in [5, 5.41) is 6.01. The smallest absolute Gasteiger partial charge is 0.262 e. The number of nitrogens with one attached hydrogen (secondary N) is 2. The number of para-hydroxylation sites is 1. The molecule has 0 saturated heterocycles. The van der Waals surface area contributed by atoms with Gasteiger partial charge in [-0.25, -0.2) is 0 Å². The molecule has 3 aromatic rings. The van der Waals surface area contributed by atoms with Crippen LogP contribution in [-0.4, -0.2) is 31.6 Å². The molecule has 1 heterocycles. The fraction of sp³-hybridized carbons (Fsp3) is 0.200. The van der Waals surface area contributed by atoms with Gasteiger partial charge in [-0.2, -0.15) is 0 Å². The minimum absolute atomic E-state index is 0.112. The van der Waals surface area contributed by atoms with E-state index in [1.807, 2.05) is 18.2 Å². The minimum Gasteiger partial charge on any atom is -0.489 e. The number of carbonyl (C=O) groups is 2. The van der Waals surface area contributed by atoms with Gasteiger partial charge >= 0.3 is 0 Å². The summed E-state index contributed by atoms with van der Waals surface area (Å²) in [5.41, 5.74) is 1.97. The number of anilines is 2. The van der Waals surface area contributed by atoms with E-state index in [-0.39, 0.29) is 24.8 Å². The van der Waals surface area contributed by atoms with Crippen molar-refractivity contribution in [2.45, 2.75) is 12.8 Å². The van der Waals surface area contributed by atoms with Crippen LogP contribution in [0.5, 0.6) is 17.2 Å². The first-order chi connectivity index (χ1) is 16.1. The molecule has 4 rings (SSSR count). The first kappa shape index (κ1) is 22.5. The van der Waals surface area contributed by atoms with Gasteiger partial charge in [0.25, 0.3) is 5.91 Å². The standard InChI is InChI=1S/C25H23ClN2O5/c26-21-12-17(13-22-25(21)32-11-5-10-31-22)14-23(29)28-19-8-4-9-20(15-19)33-16-24(30)27-18-6-2-1-3-7-18/h1-4,6-9,12-13,15H,5,10-11,14,16H2,(H,27,30)(H,28,29). The Labute approximate surface area is 196 Å². The Balaban J connectivity index is 1.32. The molecule has 0 aromatic heterocycles. The summed E-state index contributed by atoms with van der Waals surface area (Å²) in [6, 6.07) is 19.5. The van der Waals surface area contributed by atoms with Crippen LogP contribution < -0.4 is 24.8 Å². The number of amides is 2.